The zero-order valence-corrected chi connectivity index (χ0v) is 10.2. The predicted molar refractivity (Wildman–Crippen MR) is 68.2 cm³/mol. The van der Waals surface area contributed by atoms with Gasteiger partial charge in [0.1, 0.15) is 11.6 Å². The van der Waals surface area contributed by atoms with Gasteiger partial charge in [0, 0.05) is 12.1 Å². The predicted octanol–water partition coefficient (Wildman–Crippen LogP) is 3.52. The van der Waals surface area contributed by atoms with Gasteiger partial charge in [-0.05, 0) is 36.1 Å². The molecule has 0 radical (unpaired) electrons. The summed E-state index contributed by atoms with van der Waals surface area (Å²) in [5.74, 6) is -1.11. The summed E-state index contributed by atoms with van der Waals surface area (Å²) in [4.78, 5) is 0. The summed E-state index contributed by atoms with van der Waals surface area (Å²) in [6, 6.07) is 11.0. The van der Waals surface area contributed by atoms with Crippen LogP contribution in [-0.2, 0) is 6.42 Å². The van der Waals surface area contributed by atoms with E-state index in [0.29, 0.717) is 12.0 Å². The van der Waals surface area contributed by atoms with Crippen molar-refractivity contribution in [1.29, 1.82) is 0 Å². The van der Waals surface area contributed by atoms with Gasteiger partial charge in [0.25, 0.3) is 0 Å². The smallest absolute Gasteiger partial charge is 0.129 e. The van der Waals surface area contributed by atoms with Gasteiger partial charge < -0.3 is 5.73 Å². The number of benzene rings is 2. The summed E-state index contributed by atoms with van der Waals surface area (Å²) in [6.45, 7) is 1.97. The highest BCUT2D eigenvalue weighted by atomic mass is 19.1. The second kappa shape index (κ2) is 5.27. The summed E-state index contributed by atoms with van der Waals surface area (Å²) >= 11 is 0. The molecule has 1 nitrogen and oxygen atoms in total. The van der Waals surface area contributed by atoms with E-state index in [-0.39, 0.29) is 6.04 Å². The fourth-order valence-corrected chi connectivity index (χ4v) is 2.04. The SMILES string of the molecule is Cc1ccccc1C(N)Cc1ccc(F)cc1F. The zero-order valence-electron chi connectivity index (χ0n) is 10.2. The number of hydrogen-bond acceptors (Lipinski definition) is 1. The first-order valence-electron chi connectivity index (χ1n) is 5.83. The fraction of sp³-hybridized carbons (Fsp3) is 0.200. The molecule has 0 fully saturated rings. The normalized spacial score (nSPS) is 12.4. The maximum Gasteiger partial charge on any atom is 0.129 e. The van der Waals surface area contributed by atoms with Crippen molar-refractivity contribution >= 4 is 0 Å². The minimum absolute atomic E-state index is 0.286. The molecule has 0 spiro atoms. The Hall–Kier alpha value is -1.74. The standard InChI is InChI=1S/C15H15F2N/c1-10-4-2-3-5-13(10)15(18)8-11-6-7-12(16)9-14(11)17/h2-7,9,15H,8,18H2,1H3. The Morgan fingerprint density at radius 1 is 1.11 bits per heavy atom. The van der Waals surface area contributed by atoms with Gasteiger partial charge in [-0.15, -0.1) is 0 Å². The molecule has 0 amide bonds. The Morgan fingerprint density at radius 2 is 1.83 bits per heavy atom. The molecule has 2 N–H and O–H groups in total. The van der Waals surface area contributed by atoms with Crippen LogP contribution < -0.4 is 5.73 Å². The van der Waals surface area contributed by atoms with E-state index in [2.05, 4.69) is 0 Å². The molecular weight excluding hydrogens is 232 g/mol. The lowest BCUT2D eigenvalue weighted by Crippen LogP contribution is -2.15. The third kappa shape index (κ3) is 2.74. The Labute approximate surface area is 105 Å². The van der Waals surface area contributed by atoms with Crippen LogP contribution in [0, 0.1) is 18.6 Å². The lowest BCUT2D eigenvalue weighted by Gasteiger charge is -2.15. The van der Waals surface area contributed by atoms with Crippen LogP contribution in [0.2, 0.25) is 0 Å². The van der Waals surface area contributed by atoms with Crippen molar-refractivity contribution in [3.05, 3.63) is 70.8 Å². The van der Waals surface area contributed by atoms with E-state index in [0.717, 1.165) is 17.2 Å². The second-order valence-electron chi connectivity index (χ2n) is 4.40. The van der Waals surface area contributed by atoms with Crippen molar-refractivity contribution in [2.45, 2.75) is 19.4 Å². The third-order valence-electron chi connectivity index (χ3n) is 3.04. The summed E-state index contributed by atoms with van der Waals surface area (Å²) in [5, 5.41) is 0. The van der Waals surface area contributed by atoms with Crippen molar-refractivity contribution in [3.63, 3.8) is 0 Å². The molecule has 0 saturated carbocycles. The van der Waals surface area contributed by atoms with Crippen LogP contribution >= 0.6 is 0 Å². The molecule has 0 aliphatic carbocycles. The van der Waals surface area contributed by atoms with E-state index in [1.54, 1.807) is 0 Å². The van der Waals surface area contributed by atoms with E-state index < -0.39 is 11.6 Å². The molecule has 0 aliphatic heterocycles. The maximum absolute atomic E-state index is 13.5. The van der Waals surface area contributed by atoms with Crippen molar-refractivity contribution in [3.8, 4) is 0 Å². The maximum atomic E-state index is 13.5. The Balaban J connectivity index is 2.21. The fourth-order valence-electron chi connectivity index (χ4n) is 2.04. The molecule has 1 unspecified atom stereocenters. The zero-order chi connectivity index (χ0) is 13.1. The number of hydrogen-bond donors (Lipinski definition) is 1. The molecule has 0 heterocycles. The first kappa shape index (κ1) is 12.7. The Morgan fingerprint density at radius 3 is 2.50 bits per heavy atom. The van der Waals surface area contributed by atoms with Gasteiger partial charge >= 0.3 is 0 Å². The van der Waals surface area contributed by atoms with E-state index in [1.807, 2.05) is 31.2 Å². The molecule has 0 aliphatic rings. The van der Waals surface area contributed by atoms with Gasteiger partial charge in [-0.1, -0.05) is 30.3 Å². The monoisotopic (exact) mass is 247 g/mol. The summed E-state index contributed by atoms with van der Waals surface area (Å²) in [6.07, 6.45) is 0.358. The van der Waals surface area contributed by atoms with Gasteiger partial charge in [0.05, 0.1) is 0 Å². The van der Waals surface area contributed by atoms with E-state index >= 15 is 0 Å². The summed E-state index contributed by atoms with van der Waals surface area (Å²) in [5.41, 5.74) is 8.58. The van der Waals surface area contributed by atoms with Gasteiger partial charge in [-0.2, -0.15) is 0 Å². The van der Waals surface area contributed by atoms with Gasteiger partial charge in [0.2, 0.25) is 0 Å². The summed E-state index contributed by atoms with van der Waals surface area (Å²) in [7, 11) is 0. The number of rotatable bonds is 3. The minimum Gasteiger partial charge on any atom is -0.324 e. The second-order valence-corrected chi connectivity index (χ2v) is 4.40. The molecule has 2 aromatic carbocycles. The molecule has 2 rings (SSSR count). The van der Waals surface area contributed by atoms with Crippen LogP contribution in [0.3, 0.4) is 0 Å². The number of aryl methyl sites for hydroxylation is 1. The molecule has 1 atom stereocenters. The van der Waals surface area contributed by atoms with Crippen LogP contribution in [0.25, 0.3) is 0 Å². The van der Waals surface area contributed by atoms with E-state index in [1.165, 1.54) is 12.1 Å². The average Bonchev–Trinajstić information content (AvgIpc) is 2.33. The molecule has 0 saturated heterocycles. The van der Waals surface area contributed by atoms with Crippen LogP contribution in [0.1, 0.15) is 22.7 Å². The molecule has 2 aromatic rings. The topological polar surface area (TPSA) is 26.0 Å². The highest BCUT2D eigenvalue weighted by molar-refractivity contribution is 5.30. The van der Waals surface area contributed by atoms with Gasteiger partial charge in [0.15, 0.2) is 0 Å². The van der Waals surface area contributed by atoms with Crippen LogP contribution in [-0.4, -0.2) is 0 Å². The van der Waals surface area contributed by atoms with Crippen LogP contribution in [0.4, 0.5) is 8.78 Å². The van der Waals surface area contributed by atoms with E-state index in [4.69, 9.17) is 5.73 Å². The van der Waals surface area contributed by atoms with Crippen LogP contribution in [0.5, 0.6) is 0 Å². The van der Waals surface area contributed by atoms with Crippen molar-refractivity contribution in [2.24, 2.45) is 5.73 Å². The van der Waals surface area contributed by atoms with Gasteiger partial charge in [-0.25, -0.2) is 8.78 Å². The average molecular weight is 247 g/mol. The molecule has 3 heteroatoms. The van der Waals surface area contributed by atoms with Gasteiger partial charge in [-0.3, -0.25) is 0 Å². The quantitative estimate of drug-likeness (QED) is 0.882. The first-order chi connectivity index (χ1) is 8.58. The molecular formula is C15H15F2N. The number of halogens is 2. The van der Waals surface area contributed by atoms with Crippen LogP contribution in [0.15, 0.2) is 42.5 Å². The lowest BCUT2D eigenvalue weighted by atomic mass is 9.96. The first-order valence-corrected chi connectivity index (χ1v) is 5.83. The molecule has 0 bridgehead atoms. The highest BCUT2D eigenvalue weighted by Crippen LogP contribution is 2.21. The molecule has 0 aromatic heterocycles. The Bertz CT molecular complexity index is 552. The lowest BCUT2D eigenvalue weighted by molar-refractivity contribution is 0.563. The Kier molecular flexibility index (Phi) is 3.72. The minimum atomic E-state index is -0.569. The van der Waals surface area contributed by atoms with E-state index in [9.17, 15) is 8.78 Å². The third-order valence-corrected chi connectivity index (χ3v) is 3.04. The molecule has 94 valence electrons. The van der Waals surface area contributed by atoms with Crippen molar-refractivity contribution in [2.75, 3.05) is 0 Å². The highest BCUT2D eigenvalue weighted by Gasteiger charge is 2.12. The largest absolute Gasteiger partial charge is 0.324 e. The summed E-state index contributed by atoms with van der Waals surface area (Å²) < 4.78 is 26.3. The number of nitrogens with two attached hydrogens (primary N) is 1. The van der Waals surface area contributed by atoms with Crippen molar-refractivity contribution in [1.82, 2.24) is 0 Å². The molecule has 18 heavy (non-hydrogen) atoms. The van der Waals surface area contributed by atoms with Crippen molar-refractivity contribution < 1.29 is 8.78 Å².